The summed E-state index contributed by atoms with van der Waals surface area (Å²) in [5.41, 5.74) is 4.76. The number of carbonyl (C=O) groups is 1. The predicted octanol–water partition coefficient (Wildman–Crippen LogP) is -0.565. The summed E-state index contributed by atoms with van der Waals surface area (Å²) in [5, 5.41) is 4.79. The lowest BCUT2D eigenvalue weighted by Crippen LogP contribution is -2.51. The Morgan fingerprint density at radius 1 is 1.44 bits per heavy atom. The van der Waals surface area contributed by atoms with Crippen LogP contribution in [0.5, 0.6) is 0 Å². The van der Waals surface area contributed by atoms with Crippen LogP contribution in [0.3, 0.4) is 0 Å². The molecule has 0 aliphatic heterocycles. The summed E-state index contributed by atoms with van der Waals surface area (Å²) in [6.45, 7) is 5.58. The number of hydrogen-bond acceptors (Lipinski definition) is 5. The Morgan fingerprint density at radius 3 is 2.50 bits per heavy atom. The van der Waals surface area contributed by atoms with Gasteiger partial charge in [-0.25, -0.2) is 9.86 Å². The topological polar surface area (TPSA) is 125 Å². The summed E-state index contributed by atoms with van der Waals surface area (Å²) < 4.78 is 28.4. The van der Waals surface area contributed by atoms with Gasteiger partial charge in [0.2, 0.25) is 0 Å². The van der Waals surface area contributed by atoms with Gasteiger partial charge in [-0.2, -0.15) is 8.42 Å². The van der Waals surface area contributed by atoms with Gasteiger partial charge in [0.1, 0.15) is 5.54 Å². The molecule has 0 fully saturated rings. The molecule has 1 unspecified atom stereocenters. The van der Waals surface area contributed by atoms with Crippen LogP contribution in [0.15, 0.2) is 0 Å². The summed E-state index contributed by atoms with van der Waals surface area (Å²) in [7, 11) is -3.78. The normalized spacial score (nSPS) is 15.1. The third-order valence-electron chi connectivity index (χ3n) is 2.43. The van der Waals surface area contributed by atoms with Crippen molar-refractivity contribution < 1.29 is 17.9 Å². The molecule has 0 rings (SSSR count). The SMILES string of the molecule is [CH2]CCCC(N)(CCNS(N)(=O)=O)C(=O)OCC. The Kier molecular flexibility index (Phi) is 7.37. The van der Waals surface area contributed by atoms with E-state index in [4.69, 9.17) is 15.6 Å². The van der Waals surface area contributed by atoms with Crippen LogP contribution in [-0.4, -0.2) is 33.1 Å². The molecule has 0 saturated heterocycles. The van der Waals surface area contributed by atoms with E-state index < -0.39 is 21.7 Å². The van der Waals surface area contributed by atoms with Gasteiger partial charge in [0.05, 0.1) is 6.61 Å². The molecule has 0 heterocycles. The molecule has 0 aliphatic carbocycles. The number of unbranched alkanes of at least 4 members (excludes halogenated alkanes) is 1. The molecule has 0 aromatic heterocycles. The van der Waals surface area contributed by atoms with Crippen LogP contribution in [0.2, 0.25) is 0 Å². The molecular formula is C10H22N3O4S. The van der Waals surface area contributed by atoms with Crippen LogP contribution in [0, 0.1) is 6.92 Å². The second kappa shape index (κ2) is 7.67. The molecule has 5 N–H and O–H groups in total. The zero-order valence-electron chi connectivity index (χ0n) is 10.6. The molecule has 0 aliphatic rings. The second-order valence-corrected chi connectivity index (χ2v) is 5.40. The third kappa shape index (κ3) is 6.90. The third-order valence-corrected chi connectivity index (χ3v) is 3.04. The van der Waals surface area contributed by atoms with Gasteiger partial charge >= 0.3 is 5.97 Å². The lowest BCUT2D eigenvalue weighted by molar-refractivity contribution is -0.150. The van der Waals surface area contributed by atoms with E-state index >= 15 is 0 Å². The first-order chi connectivity index (χ1) is 8.25. The molecule has 0 spiro atoms. The van der Waals surface area contributed by atoms with Crippen molar-refractivity contribution in [3.63, 3.8) is 0 Å². The molecule has 1 atom stereocenters. The van der Waals surface area contributed by atoms with E-state index in [-0.39, 0.29) is 19.6 Å². The summed E-state index contributed by atoms with van der Waals surface area (Å²) in [4.78, 5) is 11.8. The molecule has 0 aromatic carbocycles. The predicted molar refractivity (Wildman–Crippen MR) is 68.5 cm³/mol. The first-order valence-corrected chi connectivity index (χ1v) is 7.32. The molecule has 0 aromatic rings. The Bertz CT molecular complexity index is 358. The minimum Gasteiger partial charge on any atom is -0.465 e. The van der Waals surface area contributed by atoms with E-state index in [1.54, 1.807) is 6.92 Å². The van der Waals surface area contributed by atoms with Gasteiger partial charge in [0, 0.05) is 6.54 Å². The Morgan fingerprint density at radius 2 is 2.06 bits per heavy atom. The maximum absolute atomic E-state index is 11.8. The summed E-state index contributed by atoms with van der Waals surface area (Å²) in [5.74, 6) is -0.533. The van der Waals surface area contributed by atoms with E-state index in [1.807, 2.05) is 0 Å². The number of ether oxygens (including phenoxy) is 1. The minimum absolute atomic E-state index is 0.00864. The fourth-order valence-electron chi connectivity index (χ4n) is 1.46. The van der Waals surface area contributed by atoms with Crippen molar-refractivity contribution in [2.75, 3.05) is 13.2 Å². The Balaban J connectivity index is 4.51. The number of rotatable bonds is 9. The van der Waals surface area contributed by atoms with E-state index in [9.17, 15) is 13.2 Å². The lowest BCUT2D eigenvalue weighted by Gasteiger charge is -2.26. The first-order valence-electron chi connectivity index (χ1n) is 5.78. The van der Waals surface area contributed by atoms with Crippen molar-refractivity contribution >= 4 is 16.2 Å². The zero-order chi connectivity index (χ0) is 14.2. The molecule has 0 bridgehead atoms. The van der Waals surface area contributed by atoms with Crippen LogP contribution in [0.4, 0.5) is 0 Å². The smallest absolute Gasteiger partial charge is 0.326 e. The van der Waals surface area contributed by atoms with Gasteiger partial charge in [-0.1, -0.05) is 19.8 Å². The number of nitrogens with two attached hydrogens (primary N) is 2. The second-order valence-electron chi connectivity index (χ2n) is 4.02. The molecular weight excluding hydrogens is 258 g/mol. The maximum atomic E-state index is 11.8. The number of hydrogen-bond donors (Lipinski definition) is 3. The highest BCUT2D eigenvalue weighted by Gasteiger charge is 2.34. The molecule has 18 heavy (non-hydrogen) atoms. The minimum atomic E-state index is -3.78. The fraction of sp³-hybridized carbons (Fsp3) is 0.800. The summed E-state index contributed by atoms with van der Waals surface area (Å²) >= 11 is 0. The van der Waals surface area contributed by atoms with Crippen LogP contribution in [0.1, 0.15) is 32.6 Å². The van der Waals surface area contributed by atoms with Crippen molar-refractivity contribution in [3.05, 3.63) is 6.92 Å². The molecule has 0 amide bonds. The van der Waals surface area contributed by atoms with Crippen molar-refractivity contribution in [1.82, 2.24) is 4.72 Å². The summed E-state index contributed by atoms with van der Waals surface area (Å²) in [6, 6.07) is 0. The van der Waals surface area contributed by atoms with Gasteiger partial charge in [0.15, 0.2) is 0 Å². The quantitative estimate of drug-likeness (QED) is 0.488. The molecule has 0 saturated carbocycles. The Hall–Kier alpha value is -0.700. The van der Waals surface area contributed by atoms with Crippen LogP contribution >= 0.6 is 0 Å². The standard InChI is InChI=1S/C10H22N3O4S/c1-3-5-6-10(11,9(14)17-4-2)7-8-13-18(12,15)16/h13H,1,3-8,11H2,2H3,(H2,12,15,16). The highest BCUT2D eigenvalue weighted by atomic mass is 32.2. The van der Waals surface area contributed by atoms with Gasteiger partial charge in [-0.15, -0.1) is 0 Å². The van der Waals surface area contributed by atoms with E-state index in [1.165, 1.54) is 0 Å². The lowest BCUT2D eigenvalue weighted by atomic mass is 9.90. The van der Waals surface area contributed by atoms with Crippen LogP contribution < -0.4 is 15.6 Å². The van der Waals surface area contributed by atoms with Crippen molar-refractivity contribution in [2.24, 2.45) is 10.9 Å². The first kappa shape index (κ1) is 17.3. The van der Waals surface area contributed by atoms with Crippen molar-refractivity contribution in [3.8, 4) is 0 Å². The average Bonchev–Trinajstić information content (AvgIpc) is 2.25. The largest absolute Gasteiger partial charge is 0.465 e. The van der Waals surface area contributed by atoms with E-state index in [0.29, 0.717) is 19.3 Å². The van der Waals surface area contributed by atoms with Gasteiger partial charge in [-0.05, 0) is 19.8 Å². The number of nitrogens with one attached hydrogen (secondary N) is 1. The monoisotopic (exact) mass is 280 g/mol. The van der Waals surface area contributed by atoms with E-state index in [2.05, 4.69) is 11.6 Å². The van der Waals surface area contributed by atoms with E-state index in [0.717, 1.165) is 0 Å². The average molecular weight is 280 g/mol. The van der Waals surface area contributed by atoms with Crippen LogP contribution in [-0.2, 0) is 19.7 Å². The summed E-state index contributed by atoms with van der Waals surface area (Å²) in [6.07, 6.45) is 1.82. The molecule has 7 nitrogen and oxygen atoms in total. The van der Waals surface area contributed by atoms with Crippen LogP contribution in [0.25, 0.3) is 0 Å². The fourth-order valence-corrected chi connectivity index (χ4v) is 1.85. The maximum Gasteiger partial charge on any atom is 0.326 e. The molecule has 1 radical (unpaired) electrons. The van der Waals surface area contributed by atoms with Gasteiger partial charge in [-0.3, -0.25) is 4.79 Å². The molecule has 8 heteroatoms. The number of esters is 1. The highest BCUT2D eigenvalue weighted by molar-refractivity contribution is 7.87. The Labute approximate surface area is 108 Å². The van der Waals surface area contributed by atoms with Crippen molar-refractivity contribution in [2.45, 2.75) is 38.1 Å². The van der Waals surface area contributed by atoms with Crippen molar-refractivity contribution in [1.29, 1.82) is 0 Å². The number of carbonyl (C=O) groups excluding carboxylic acids is 1. The zero-order valence-corrected chi connectivity index (χ0v) is 11.5. The molecule has 107 valence electrons. The van der Waals surface area contributed by atoms with Gasteiger partial charge < -0.3 is 10.5 Å². The van der Waals surface area contributed by atoms with Gasteiger partial charge in [0.25, 0.3) is 10.2 Å². The highest BCUT2D eigenvalue weighted by Crippen LogP contribution is 2.17.